The minimum absolute atomic E-state index is 0.0583. The van der Waals surface area contributed by atoms with Crippen molar-refractivity contribution >= 4 is 9.84 Å². The van der Waals surface area contributed by atoms with E-state index in [-0.39, 0.29) is 5.75 Å². The zero-order chi connectivity index (χ0) is 17.4. The summed E-state index contributed by atoms with van der Waals surface area (Å²) in [5, 5.41) is -1.20. The lowest BCUT2D eigenvalue weighted by Crippen LogP contribution is -2.19. The number of hydrogen-bond acceptors (Lipinski definition) is 3. The van der Waals surface area contributed by atoms with Crippen LogP contribution in [0.4, 0.5) is 17.6 Å². The Morgan fingerprint density at radius 2 is 1.39 bits per heavy atom. The van der Waals surface area contributed by atoms with E-state index in [0.29, 0.717) is 0 Å². The SMILES string of the molecule is CC(C)S(=O)(=O)c1c(F)c(F)c(F)c(F)c1Oc1ccccc1. The molecule has 0 N–H and O–H groups in total. The summed E-state index contributed by atoms with van der Waals surface area (Å²) in [6.07, 6.45) is 0. The van der Waals surface area contributed by atoms with E-state index in [2.05, 4.69) is 0 Å². The lowest BCUT2D eigenvalue weighted by molar-refractivity contribution is 0.352. The van der Waals surface area contributed by atoms with Gasteiger partial charge in [0.25, 0.3) is 0 Å². The van der Waals surface area contributed by atoms with E-state index < -0.39 is 49.0 Å². The summed E-state index contributed by atoms with van der Waals surface area (Å²) in [6.45, 7) is 2.39. The topological polar surface area (TPSA) is 43.4 Å². The van der Waals surface area contributed by atoms with Crippen molar-refractivity contribution < 1.29 is 30.7 Å². The monoisotopic (exact) mass is 348 g/mol. The molecule has 0 unspecified atom stereocenters. The molecule has 0 aliphatic carbocycles. The highest BCUT2D eigenvalue weighted by atomic mass is 32.2. The minimum Gasteiger partial charge on any atom is -0.453 e. The van der Waals surface area contributed by atoms with Crippen LogP contribution in [0.5, 0.6) is 11.5 Å². The molecule has 0 atom stereocenters. The Morgan fingerprint density at radius 1 is 0.870 bits per heavy atom. The van der Waals surface area contributed by atoms with Crippen LogP contribution in [0.1, 0.15) is 13.8 Å². The van der Waals surface area contributed by atoms with E-state index in [9.17, 15) is 26.0 Å². The molecule has 8 heteroatoms. The lowest BCUT2D eigenvalue weighted by atomic mass is 10.3. The molecule has 3 nitrogen and oxygen atoms in total. The van der Waals surface area contributed by atoms with Gasteiger partial charge in [0.05, 0.1) is 5.25 Å². The second-order valence-electron chi connectivity index (χ2n) is 4.92. The summed E-state index contributed by atoms with van der Waals surface area (Å²) in [4.78, 5) is -1.34. The summed E-state index contributed by atoms with van der Waals surface area (Å²) in [6, 6.07) is 7.22. The highest BCUT2D eigenvalue weighted by Crippen LogP contribution is 2.38. The standard InChI is InChI=1S/C15H12F4O3S/c1-8(2)23(20,21)15-13(19)11(17)10(16)12(18)14(15)22-9-6-4-3-5-7-9/h3-8H,1-2H3. The van der Waals surface area contributed by atoms with E-state index >= 15 is 0 Å². The lowest BCUT2D eigenvalue weighted by Gasteiger charge is -2.16. The summed E-state index contributed by atoms with van der Waals surface area (Å²) in [7, 11) is -4.47. The highest BCUT2D eigenvalue weighted by Gasteiger charge is 2.36. The van der Waals surface area contributed by atoms with Crippen molar-refractivity contribution in [3.05, 3.63) is 53.6 Å². The molecule has 0 fully saturated rings. The van der Waals surface area contributed by atoms with Gasteiger partial charge < -0.3 is 4.74 Å². The molecule has 0 saturated heterocycles. The van der Waals surface area contributed by atoms with Gasteiger partial charge in [-0.3, -0.25) is 0 Å². The van der Waals surface area contributed by atoms with Crippen LogP contribution in [-0.2, 0) is 9.84 Å². The van der Waals surface area contributed by atoms with Crippen molar-refractivity contribution in [1.82, 2.24) is 0 Å². The Bertz CT molecular complexity index is 834. The molecule has 0 aliphatic heterocycles. The second kappa shape index (κ2) is 6.19. The van der Waals surface area contributed by atoms with Crippen molar-refractivity contribution in [2.45, 2.75) is 24.0 Å². The van der Waals surface area contributed by atoms with Gasteiger partial charge in [0.1, 0.15) is 5.75 Å². The molecular weight excluding hydrogens is 336 g/mol. The molecule has 2 rings (SSSR count). The molecule has 2 aromatic carbocycles. The quantitative estimate of drug-likeness (QED) is 0.360. The Hall–Kier alpha value is -2.09. The molecule has 23 heavy (non-hydrogen) atoms. The van der Waals surface area contributed by atoms with Crippen LogP contribution in [-0.4, -0.2) is 13.7 Å². The summed E-state index contributed by atoms with van der Waals surface area (Å²) in [5.41, 5.74) is 0. The second-order valence-corrected chi connectivity index (χ2v) is 7.36. The number of benzene rings is 2. The normalized spacial score (nSPS) is 11.8. The van der Waals surface area contributed by atoms with Gasteiger partial charge in [0, 0.05) is 0 Å². The van der Waals surface area contributed by atoms with Gasteiger partial charge in [-0.25, -0.2) is 21.6 Å². The molecule has 0 amide bonds. The first kappa shape index (κ1) is 17.3. The molecule has 124 valence electrons. The Morgan fingerprint density at radius 3 is 1.91 bits per heavy atom. The van der Waals surface area contributed by atoms with Crippen LogP contribution >= 0.6 is 0 Å². The van der Waals surface area contributed by atoms with Gasteiger partial charge in [-0.05, 0) is 26.0 Å². The fourth-order valence-electron chi connectivity index (χ4n) is 1.78. The van der Waals surface area contributed by atoms with Gasteiger partial charge >= 0.3 is 0 Å². The average molecular weight is 348 g/mol. The van der Waals surface area contributed by atoms with E-state index in [1.165, 1.54) is 38.1 Å². The molecule has 0 aliphatic rings. The largest absolute Gasteiger partial charge is 0.453 e. The Balaban J connectivity index is 2.79. The van der Waals surface area contributed by atoms with Crippen LogP contribution in [0.2, 0.25) is 0 Å². The Kier molecular flexibility index (Phi) is 4.65. The first-order valence-corrected chi connectivity index (χ1v) is 8.05. The summed E-state index contributed by atoms with van der Waals surface area (Å²) in [5.74, 6) is -9.54. The number of para-hydroxylation sites is 1. The first-order valence-electron chi connectivity index (χ1n) is 6.50. The maximum Gasteiger partial charge on any atom is 0.205 e. The third-order valence-electron chi connectivity index (χ3n) is 3.05. The van der Waals surface area contributed by atoms with Crippen molar-refractivity contribution in [2.24, 2.45) is 0 Å². The first-order chi connectivity index (χ1) is 10.7. The molecule has 0 radical (unpaired) electrons. The summed E-state index contributed by atoms with van der Waals surface area (Å²) >= 11 is 0. The zero-order valence-electron chi connectivity index (χ0n) is 12.1. The summed E-state index contributed by atoms with van der Waals surface area (Å²) < 4.78 is 84.3. The number of rotatable bonds is 4. The van der Waals surface area contributed by atoms with Crippen molar-refractivity contribution in [1.29, 1.82) is 0 Å². The van der Waals surface area contributed by atoms with Crippen LogP contribution in [0.25, 0.3) is 0 Å². The van der Waals surface area contributed by atoms with Crippen molar-refractivity contribution in [3.8, 4) is 11.5 Å². The molecule has 0 heterocycles. The number of sulfone groups is 1. The van der Waals surface area contributed by atoms with Gasteiger partial charge in [-0.15, -0.1) is 0 Å². The van der Waals surface area contributed by atoms with E-state index in [4.69, 9.17) is 4.74 Å². The highest BCUT2D eigenvalue weighted by molar-refractivity contribution is 7.92. The number of ether oxygens (including phenoxy) is 1. The van der Waals surface area contributed by atoms with Gasteiger partial charge in [0.2, 0.25) is 11.6 Å². The van der Waals surface area contributed by atoms with Gasteiger partial charge in [0.15, 0.2) is 32.1 Å². The molecule has 0 aromatic heterocycles. The fraction of sp³-hybridized carbons (Fsp3) is 0.200. The molecule has 0 spiro atoms. The van der Waals surface area contributed by atoms with Crippen LogP contribution < -0.4 is 4.74 Å². The van der Waals surface area contributed by atoms with E-state index in [1.807, 2.05) is 0 Å². The van der Waals surface area contributed by atoms with Crippen LogP contribution in [0, 0.1) is 23.3 Å². The van der Waals surface area contributed by atoms with E-state index in [1.54, 1.807) is 6.07 Å². The molecule has 0 bridgehead atoms. The van der Waals surface area contributed by atoms with Crippen LogP contribution in [0.3, 0.4) is 0 Å². The zero-order valence-corrected chi connectivity index (χ0v) is 12.9. The number of hydrogen-bond donors (Lipinski definition) is 0. The predicted molar refractivity (Wildman–Crippen MR) is 75.1 cm³/mol. The Labute approximate surface area is 130 Å². The third-order valence-corrected chi connectivity index (χ3v) is 5.23. The minimum atomic E-state index is -4.47. The van der Waals surface area contributed by atoms with E-state index in [0.717, 1.165) is 0 Å². The maximum absolute atomic E-state index is 14.0. The molecule has 2 aromatic rings. The third kappa shape index (κ3) is 3.03. The maximum atomic E-state index is 14.0. The van der Waals surface area contributed by atoms with Gasteiger partial charge in [-0.1, -0.05) is 18.2 Å². The predicted octanol–water partition coefficient (Wildman–Crippen LogP) is 4.22. The van der Waals surface area contributed by atoms with Crippen molar-refractivity contribution in [2.75, 3.05) is 0 Å². The molecular formula is C15H12F4O3S. The average Bonchev–Trinajstić information content (AvgIpc) is 2.51. The fourth-order valence-corrected chi connectivity index (χ4v) is 2.98. The smallest absolute Gasteiger partial charge is 0.205 e. The molecule has 0 saturated carbocycles. The number of halogens is 4. The van der Waals surface area contributed by atoms with Crippen LogP contribution in [0.15, 0.2) is 35.2 Å². The van der Waals surface area contributed by atoms with Gasteiger partial charge in [-0.2, -0.15) is 4.39 Å². The van der Waals surface area contributed by atoms with Crippen molar-refractivity contribution in [3.63, 3.8) is 0 Å².